The normalized spacial score (nSPS) is 23.1. The van der Waals surface area contributed by atoms with Gasteiger partial charge in [-0.05, 0) is 55.4 Å². The van der Waals surface area contributed by atoms with Crippen LogP contribution in [0, 0.1) is 0 Å². The maximum Gasteiger partial charge on any atom is 0.274 e. The number of aromatic amines is 1. The molecule has 176 valence electrons. The molecule has 2 aromatic carbocycles. The van der Waals surface area contributed by atoms with Gasteiger partial charge in [-0.15, -0.1) is 0 Å². The third-order valence-electron chi connectivity index (χ3n) is 7.70. The van der Waals surface area contributed by atoms with Gasteiger partial charge in [-0.1, -0.05) is 48.5 Å². The molecule has 3 aromatic rings. The lowest BCUT2D eigenvalue weighted by Crippen LogP contribution is -2.45. The lowest BCUT2D eigenvalue weighted by molar-refractivity contribution is 0.0657. The molecule has 3 aliphatic rings. The van der Waals surface area contributed by atoms with Crippen molar-refractivity contribution in [2.24, 2.45) is 0 Å². The van der Waals surface area contributed by atoms with Gasteiger partial charge in [-0.25, -0.2) is 0 Å². The van der Waals surface area contributed by atoms with Crippen LogP contribution in [0.15, 0.2) is 60.7 Å². The molecule has 6 heteroatoms. The van der Waals surface area contributed by atoms with Crippen molar-refractivity contribution >= 4 is 11.6 Å². The maximum absolute atomic E-state index is 13.8. The SMILES string of the molecule is O=C(c1cc(C2CC2)[nH]n1)N1Cc2ccccc2NCC[C@@H]2CC[C@H](C1)N2Cc1ccccc1. The van der Waals surface area contributed by atoms with Crippen LogP contribution in [0.3, 0.4) is 0 Å². The van der Waals surface area contributed by atoms with Gasteiger partial charge < -0.3 is 10.2 Å². The summed E-state index contributed by atoms with van der Waals surface area (Å²) in [7, 11) is 0. The van der Waals surface area contributed by atoms with Crippen molar-refractivity contribution in [1.82, 2.24) is 20.0 Å². The Balaban J connectivity index is 1.31. The molecular formula is C28H33N5O. The molecule has 34 heavy (non-hydrogen) atoms. The van der Waals surface area contributed by atoms with Crippen molar-refractivity contribution in [2.75, 3.05) is 18.4 Å². The van der Waals surface area contributed by atoms with Gasteiger partial charge in [0.05, 0.1) is 0 Å². The molecule has 2 atom stereocenters. The van der Waals surface area contributed by atoms with Crippen molar-refractivity contribution in [2.45, 2.75) is 63.2 Å². The topological polar surface area (TPSA) is 64.3 Å². The molecule has 6 nitrogen and oxygen atoms in total. The van der Waals surface area contributed by atoms with Crippen molar-refractivity contribution < 1.29 is 4.79 Å². The Morgan fingerprint density at radius 1 is 0.941 bits per heavy atom. The summed E-state index contributed by atoms with van der Waals surface area (Å²) in [6.45, 7) is 3.19. The lowest BCUT2D eigenvalue weighted by Gasteiger charge is -2.33. The number of anilines is 1. The third kappa shape index (κ3) is 4.47. The van der Waals surface area contributed by atoms with Crippen LogP contribution >= 0.6 is 0 Å². The van der Waals surface area contributed by atoms with Crippen LogP contribution in [-0.2, 0) is 13.1 Å². The molecule has 2 aliphatic heterocycles. The highest BCUT2D eigenvalue weighted by Gasteiger charge is 2.36. The van der Waals surface area contributed by atoms with E-state index in [9.17, 15) is 4.79 Å². The lowest BCUT2D eigenvalue weighted by atomic mass is 10.1. The summed E-state index contributed by atoms with van der Waals surface area (Å²) in [5.41, 5.74) is 5.29. The number of H-pyrrole nitrogens is 1. The number of rotatable bonds is 4. The number of hydrogen-bond acceptors (Lipinski definition) is 4. The van der Waals surface area contributed by atoms with Gasteiger partial charge in [0.2, 0.25) is 0 Å². The minimum atomic E-state index is 0.0281. The van der Waals surface area contributed by atoms with E-state index in [0.717, 1.165) is 43.9 Å². The molecule has 1 aliphatic carbocycles. The van der Waals surface area contributed by atoms with E-state index in [1.54, 1.807) is 0 Å². The zero-order chi connectivity index (χ0) is 22.9. The smallest absolute Gasteiger partial charge is 0.274 e. The first-order valence-electron chi connectivity index (χ1n) is 12.7. The average molecular weight is 456 g/mol. The van der Waals surface area contributed by atoms with Gasteiger partial charge in [-0.2, -0.15) is 5.10 Å². The summed E-state index contributed by atoms with van der Waals surface area (Å²) >= 11 is 0. The number of fused-ring (bicyclic) bond motifs is 3. The molecule has 1 aromatic heterocycles. The molecule has 1 saturated carbocycles. The van der Waals surface area contributed by atoms with Crippen molar-refractivity contribution in [3.8, 4) is 0 Å². The fraction of sp³-hybridized carbons (Fsp3) is 0.429. The van der Waals surface area contributed by atoms with Gasteiger partial charge in [-0.3, -0.25) is 14.8 Å². The second-order valence-corrected chi connectivity index (χ2v) is 10.1. The molecule has 3 heterocycles. The molecule has 2 fully saturated rings. The first kappa shape index (κ1) is 21.4. The maximum atomic E-state index is 13.8. The van der Waals surface area contributed by atoms with Gasteiger partial charge >= 0.3 is 0 Å². The second-order valence-electron chi connectivity index (χ2n) is 10.1. The summed E-state index contributed by atoms with van der Waals surface area (Å²) in [4.78, 5) is 18.4. The average Bonchev–Trinajstić information content (AvgIpc) is 3.48. The number of nitrogens with zero attached hydrogens (tertiary/aromatic N) is 3. The summed E-state index contributed by atoms with van der Waals surface area (Å²) in [6.07, 6.45) is 5.79. The Hall–Kier alpha value is -3.12. The first-order valence-corrected chi connectivity index (χ1v) is 12.7. The van der Waals surface area contributed by atoms with Crippen LogP contribution in [0.5, 0.6) is 0 Å². The second kappa shape index (κ2) is 9.26. The Morgan fingerprint density at radius 2 is 1.74 bits per heavy atom. The number of aromatic nitrogens is 2. The number of hydrogen-bond donors (Lipinski definition) is 2. The number of benzene rings is 2. The largest absolute Gasteiger partial charge is 0.385 e. The highest BCUT2D eigenvalue weighted by molar-refractivity contribution is 5.92. The zero-order valence-corrected chi connectivity index (χ0v) is 19.6. The molecule has 0 spiro atoms. The summed E-state index contributed by atoms with van der Waals surface area (Å²) in [5.74, 6) is 0.582. The Labute approximate surface area is 201 Å². The Bertz CT molecular complexity index is 1140. The molecule has 2 bridgehead atoms. The van der Waals surface area contributed by atoms with E-state index in [-0.39, 0.29) is 5.91 Å². The minimum Gasteiger partial charge on any atom is -0.385 e. The van der Waals surface area contributed by atoms with E-state index in [4.69, 9.17) is 0 Å². The van der Waals surface area contributed by atoms with Crippen LogP contribution in [0.25, 0.3) is 0 Å². The quantitative estimate of drug-likeness (QED) is 0.594. The standard InChI is InChI=1S/C28H33N5O/c34-28(27-16-26(30-31-27)21-10-11-21)32-18-22-8-4-5-9-25(22)29-15-14-23-12-13-24(19-32)33(23)17-20-6-2-1-3-7-20/h1-9,16,21,23-24,29H,10-15,17-19H2,(H,30,31)/t23-,24+/m0/s1. The minimum absolute atomic E-state index is 0.0281. The number of carbonyl (C=O) groups is 1. The monoisotopic (exact) mass is 455 g/mol. The Kier molecular flexibility index (Phi) is 5.83. The molecular weight excluding hydrogens is 422 g/mol. The summed E-state index contributed by atoms with van der Waals surface area (Å²) in [5, 5.41) is 11.2. The van der Waals surface area contributed by atoms with E-state index >= 15 is 0 Å². The molecule has 0 radical (unpaired) electrons. The number of nitrogens with one attached hydrogen (secondary N) is 2. The van der Waals surface area contributed by atoms with E-state index in [1.165, 1.54) is 30.4 Å². The predicted octanol–water partition coefficient (Wildman–Crippen LogP) is 4.78. The van der Waals surface area contributed by atoms with E-state index in [0.29, 0.717) is 30.2 Å². The molecule has 6 rings (SSSR count). The van der Waals surface area contributed by atoms with E-state index in [1.807, 2.05) is 11.0 Å². The molecule has 1 saturated heterocycles. The van der Waals surface area contributed by atoms with Crippen LogP contribution in [0.2, 0.25) is 0 Å². The highest BCUT2D eigenvalue weighted by atomic mass is 16.2. The third-order valence-corrected chi connectivity index (χ3v) is 7.70. The fourth-order valence-corrected chi connectivity index (χ4v) is 5.67. The number of carbonyl (C=O) groups excluding carboxylic acids is 1. The van der Waals surface area contributed by atoms with Gasteiger partial charge in [0.25, 0.3) is 5.91 Å². The van der Waals surface area contributed by atoms with Crippen LogP contribution in [0.1, 0.15) is 65.3 Å². The predicted molar refractivity (Wildman–Crippen MR) is 134 cm³/mol. The van der Waals surface area contributed by atoms with Crippen molar-refractivity contribution in [1.29, 1.82) is 0 Å². The molecule has 0 unspecified atom stereocenters. The van der Waals surface area contributed by atoms with Crippen LogP contribution < -0.4 is 5.32 Å². The van der Waals surface area contributed by atoms with Crippen molar-refractivity contribution in [3.05, 3.63) is 83.2 Å². The van der Waals surface area contributed by atoms with E-state index < -0.39 is 0 Å². The van der Waals surface area contributed by atoms with E-state index in [2.05, 4.69) is 75.0 Å². The molecule has 1 amide bonds. The summed E-state index contributed by atoms with van der Waals surface area (Å²) in [6, 6.07) is 22.0. The van der Waals surface area contributed by atoms with Gasteiger partial charge in [0, 0.05) is 55.6 Å². The Morgan fingerprint density at radius 3 is 2.59 bits per heavy atom. The number of amides is 1. The van der Waals surface area contributed by atoms with Crippen molar-refractivity contribution in [3.63, 3.8) is 0 Å². The zero-order valence-electron chi connectivity index (χ0n) is 19.6. The van der Waals surface area contributed by atoms with Crippen LogP contribution in [0.4, 0.5) is 5.69 Å². The van der Waals surface area contributed by atoms with Gasteiger partial charge in [0.1, 0.15) is 5.69 Å². The highest BCUT2D eigenvalue weighted by Crippen LogP contribution is 2.39. The first-order chi connectivity index (χ1) is 16.7. The van der Waals surface area contributed by atoms with Gasteiger partial charge in [0.15, 0.2) is 0 Å². The summed E-state index contributed by atoms with van der Waals surface area (Å²) < 4.78 is 0. The number of para-hydroxylation sites is 1. The fourth-order valence-electron chi connectivity index (χ4n) is 5.67. The molecule has 2 N–H and O–H groups in total. The van der Waals surface area contributed by atoms with Crippen LogP contribution in [-0.4, -0.2) is 51.1 Å².